The first-order valence-corrected chi connectivity index (χ1v) is 8.87. The second-order valence-corrected chi connectivity index (χ2v) is 7.13. The zero-order valence-electron chi connectivity index (χ0n) is 14.2. The quantitative estimate of drug-likeness (QED) is 0.859. The number of benzene rings is 1. The minimum absolute atomic E-state index is 0.0145. The van der Waals surface area contributed by atoms with Crippen LogP contribution in [0.2, 0.25) is 0 Å². The maximum atomic E-state index is 12.4. The Bertz CT molecular complexity index is 647. The van der Waals surface area contributed by atoms with Crippen molar-refractivity contribution in [2.45, 2.75) is 38.5 Å². The van der Waals surface area contributed by atoms with Gasteiger partial charge in [-0.05, 0) is 37.8 Å². The molecule has 25 heavy (non-hydrogen) atoms. The molecule has 0 spiro atoms. The minimum Gasteiger partial charge on any atom is -0.481 e. The van der Waals surface area contributed by atoms with E-state index in [1.807, 2.05) is 30.3 Å². The molecule has 2 aliphatic rings. The highest BCUT2D eigenvalue weighted by atomic mass is 16.4. The Morgan fingerprint density at radius 3 is 2.28 bits per heavy atom. The lowest BCUT2D eigenvalue weighted by atomic mass is 9.66. The van der Waals surface area contributed by atoms with E-state index < -0.39 is 11.4 Å². The number of carbonyl (C=O) groups excluding carboxylic acids is 2. The van der Waals surface area contributed by atoms with Gasteiger partial charge in [-0.3, -0.25) is 14.4 Å². The molecule has 0 bridgehead atoms. The van der Waals surface area contributed by atoms with Crippen molar-refractivity contribution in [2.75, 3.05) is 18.4 Å². The zero-order valence-corrected chi connectivity index (χ0v) is 14.2. The van der Waals surface area contributed by atoms with Gasteiger partial charge in [0.15, 0.2) is 0 Å². The molecule has 1 aliphatic heterocycles. The first-order valence-electron chi connectivity index (χ1n) is 8.87. The molecule has 1 aromatic rings. The maximum absolute atomic E-state index is 12.4. The van der Waals surface area contributed by atoms with Gasteiger partial charge in [0, 0.05) is 31.1 Å². The van der Waals surface area contributed by atoms with Crippen molar-refractivity contribution in [1.29, 1.82) is 0 Å². The largest absolute Gasteiger partial charge is 0.481 e. The van der Waals surface area contributed by atoms with Gasteiger partial charge < -0.3 is 15.3 Å². The van der Waals surface area contributed by atoms with E-state index in [4.69, 9.17) is 0 Å². The van der Waals surface area contributed by atoms with Crippen LogP contribution in [0.15, 0.2) is 30.3 Å². The molecule has 1 aliphatic carbocycles. The Labute approximate surface area is 147 Å². The number of nitrogens with one attached hydrogen (secondary N) is 1. The van der Waals surface area contributed by atoms with Crippen molar-refractivity contribution in [3.63, 3.8) is 0 Å². The fourth-order valence-corrected chi connectivity index (χ4v) is 3.63. The van der Waals surface area contributed by atoms with Crippen molar-refractivity contribution in [3.05, 3.63) is 30.3 Å². The van der Waals surface area contributed by atoms with Crippen molar-refractivity contribution in [1.82, 2.24) is 4.90 Å². The van der Waals surface area contributed by atoms with E-state index in [-0.39, 0.29) is 24.2 Å². The van der Waals surface area contributed by atoms with Gasteiger partial charge in [-0.2, -0.15) is 0 Å². The molecule has 1 heterocycles. The van der Waals surface area contributed by atoms with Gasteiger partial charge in [-0.25, -0.2) is 0 Å². The topological polar surface area (TPSA) is 86.7 Å². The summed E-state index contributed by atoms with van der Waals surface area (Å²) in [4.78, 5) is 37.9. The summed E-state index contributed by atoms with van der Waals surface area (Å²) in [6.45, 7) is 1.03. The number of hydrogen-bond donors (Lipinski definition) is 2. The van der Waals surface area contributed by atoms with E-state index in [9.17, 15) is 19.5 Å². The number of aliphatic carboxylic acids is 1. The molecule has 1 saturated carbocycles. The Morgan fingerprint density at radius 1 is 1.12 bits per heavy atom. The summed E-state index contributed by atoms with van der Waals surface area (Å²) in [6.07, 6.45) is 3.37. The molecular weight excluding hydrogens is 320 g/mol. The van der Waals surface area contributed by atoms with Crippen LogP contribution < -0.4 is 5.32 Å². The third kappa shape index (κ3) is 3.83. The number of anilines is 1. The van der Waals surface area contributed by atoms with Crippen LogP contribution in [0.5, 0.6) is 0 Å². The summed E-state index contributed by atoms with van der Waals surface area (Å²) in [5, 5.41) is 12.3. The van der Waals surface area contributed by atoms with Crippen LogP contribution >= 0.6 is 0 Å². The summed E-state index contributed by atoms with van der Waals surface area (Å²) in [5.41, 5.74) is -0.0714. The molecule has 6 heteroatoms. The number of para-hydroxylation sites is 1. The second-order valence-electron chi connectivity index (χ2n) is 7.13. The fraction of sp³-hybridized carbons (Fsp3) is 0.526. The molecule has 6 nitrogen and oxygen atoms in total. The molecule has 1 saturated heterocycles. The minimum atomic E-state index is -0.857. The van der Waals surface area contributed by atoms with Gasteiger partial charge in [-0.1, -0.05) is 24.6 Å². The SMILES string of the molecule is O=C(Nc1ccccc1)C1CCN(C(=O)CC2(C(=O)O)CCC2)CC1. The van der Waals surface area contributed by atoms with Gasteiger partial charge in [0.1, 0.15) is 0 Å². The molecule has 0 unspecified atom stereocenters. The van der Waals surface area contributed by atoms with Gasteiger partial charge in [-0.15, -0.1) is 0 Å². The van der Waals surface area contributed by atoms with Crippen LogP contribution in [0.3, 0.4) is 0 Å². The number of likely N-dealkylation sites (tertiary alicyclic amines) is 1. The third-order valence-corrected chi connectivity index (χ3v) is 5.51. The van der Waals surface area contributed by atoms with Gasteiger partial charge in [0.05, 0.1) is 5.41 Å². The maximum Gasteiger partial charge on any atom is 0.310 e. The van der Waals surface area contributed by atoms with E-state index in [2.05, 4.69) is 5.32 Å². The standard InChI is InChI=1S/C19H24N2O4/c22-16(13-19(18(24)25)9-4-10-19)21-11-7-14(8-12-21)17(23)20-15-5-2-1-3-6-15/h1-3,5-6,14H,4,7-13H2,(H,20,23)(H,24,25). The number of piperidine rings is 1. The van der Waals surface area contributed by atoms with Gasteiger partial charge in [0.25, 0.3) is 0 Å². The highest BCUT2D eigenvalue weighted by molar-refractivity contribution is 5.92. The van der Waals surface area contributed by atoms with Crippen molar-refractivity contribution < 1.29 is 19.5 Å². The van der Waals surface area contributed by atoms with Gasteiger partial charge in [0.2, 0.25) is 11.8 Å². The molecular formula is C19H24N2O4. The highest BCUT2D eigenvalue weighted by Crippen LogP contribution is 2.44. The third-order valence-electron chi connectivity index (χ3n) is 5.51. The predicted molar refractivity (Wildman–Crippen MR) is 92.9 cm³/mol. The molecule has 0 aromatic heterocycles. The number of amides is 2. The molecule has 134 valence electrons. The van der Waals surface area contributed by atoms with Crippen LogP contribution in [-0.2, 0) is 14.4 Å². The lowest BCUT2D eigenvalue weighted by molar-refractivity contribution is -0.159. The van der Waals surface area contributed by atoms with Crippen LogP contribution in [0.4, 0.5) is 5.69 Å². The predicted octanol–water partition coefficient (Wildman–Crippen LogP) is 2.51. The summed E-state index contributed by atoms with van der Waals surface area (Å²) >= 11 is 0. The fourth-order valence-electron chi connectivity index (χ4n) is 3.63. The van der Waals surface area contributed by atoms with Crippen molar-refractivity contribution in [2.24, 2.45) is 11.3 Å². The van der Waals surface area contributed by atoms with Crippen LogP contribution in [0.1, 0.15) is 38.5 Å². The van der Waals surface area contributed by atoms with E-state index in [0.717, 1.165) is 12.1 Å². The van der Waals surface area contributed by atoms with Crippen LogP contribution in [0, 0.1) is 11.3 Å². The number of rotatable bonds is 5. The van der Waals surface area contributed by atoms with Crippen molar-refractivity contribution >= 4 is 23.5 Å². The Morgan fingerprint density at radius 2 is 1.76 bits per heavy atom. The lowest BCUT2D eigenvalue weighted by Gasteiger charge is -2.39. The Hall–Kier alpha value is -2.37. The normalized spacial score (nSPS) is 19.8. The van der Waals surface area contributed by atoms with Crippen LogP contribution in [-0.4, -0.2) is 40.9 Å². The smallest absolute Gasteiger partial charge is 0.310 e. The van der Waals surface area contributed by atoms with E-state index in [1.165, 1.54) is 0 Å². The van der Waals surface area contributed by atoms with Crippen LogP contribution in [0.25, 0.3) is 0 Å². The lowest BCUT2D eigenvalue weighted by Crippen LogP contribution is -2.46. The number of nitrogens with zero attached hydrogens (tertiary/aromatic N) is 1. The Balaban J connectivity index is 1.49. The van der Waals surface area contributed by atoms with E-state index >= 15 is 0 Å². The molecule has 2 amide bonds. The highest BCUT2D eigenvalue weighted by Gasteiger charge is 2.46. The number of carbonyl (C=O) groups is 3. The monoisotopic (exact) mass is 344 g/mol. The summed E-state index contributed by atoms with van der Waals surface area (Å²) in [5.74, 6) is -1.08. The average molecular weight is 344 g/mol. The summed E-state index contributed by atoms with van der Waals surface area (Å²) < 4.78 is 0. The van der Waals surface area contributed by atoms with Gasteiger partial charge >= 0.3 is 5.97 Å². The molecule has 3 rings (SSSR count). The molecule has 2 N–H and O–H groups in total. The first kappa shape index (κ1) is 17.5. The number of hydrogen-bond acceptors (Lipinski definition) is 3. The summed E-state index contributed by atoms with van der Waals surface area (Å²) in [6, 6.07) is 9.33. The molecule has 0 atom stereocenters. The molecule has 1 aromatic carbocycles. The first-order chi connectivity index (χ1) is 12.0. The zero-order chi connectivity index (χ0) is 17.9. The van der Waals surface area contributed by atoms with E-state index in [0.29, 0.717) is 38.8 Å². The second kappa shape index (κ2) is 7.25. The van der Waals surface area contributed by atoms with E-state index in [1.54, 1.807) is 4.90 Å². The molecule has 0 radical (unpaired) electrons. The average Bonchev–Trinajstić information content (AvgIpc) is 2.58. The molecule has 2 fully saturated rings. The number of carboxylic acid groups (broad SMARTS) is 1. The Kier molecular flexibility index (Phi) is 5.06. The summed E-state index contributed by atoms with van der Waals surface area (Å²) in [7, 11) is 0. The van der Waals surface area contributed by atoms with Crippen molar-refractivity contribution in [3.8, 4) is 0 Å². The number of carboxylic acids is 1.